The third-order valence-electron chi connectivity index (χ3n) is 6.58. The second kappa shape index (κ2) is 3.75. The molecule has 3 rings (SSSR count). The monoisotopic (exact) mass is 276 g/mol. The zero-order valence-electron chi connectivity index (χ0n) is 13.0. The number of hydrogen-bond donors (Lipinski definition) is 0. The van der Waals surface area contributed by atoms with Gasteiger partial charge in [-0.15, -0.1) is 0 Å². The number of ether oxygens (including phenoxy) is 1. The fraction of sp³-hybridized carbons (Fsp3) is 0.765. The van der Waals surface area contributed by atoms with Crippen LogP contribution in [-0.2, 0) is 14.3 Å². The molecule has 3 aliphatic rings. The van der Waals surface area contributed by atoms with Crippen LogP contribution in [0.15, 0.2) is 12.2 Å². The van der Waals surface area contributed by atoms with Gasteiger partial charge in [0.25, 0.3) is 0 Å². The van der Waals surface area contributed by atoms with Gasteiger partial charge in [0.15, 0.2) is 5.78 Å². The molecule has 110 valence electrons. The van der Waals surface area contributed by atoms with Crippen molar-refractivity contribution in [2.24, 2.45) is 28.1 Å². The molecule has 0 heterocycles. The SMILES string of the molecule is CC(=O)O[C@H]1C(C)(C)[C@@H]2CC[C@@H](C)[C@@]23C=CC(=O)[C@@]13C. The summed E-state index contributed by atoms with van der Waals surface area (Å²) >= 11 is 0. The normalized spacial score (nSPS) is 48.2. The number of ketones is 1. The average Bonchev–Trinajstić information content (AvgIpc) is 2.86. The molecule has 3 heteroatoms. The molecule has 1 spiro atoms. The molecule has 0 aromatic carbocycles. The Kier molecular flexibility index (Phi) is 2.59. The van der Waals surface area contributed by atoms with Crippen LogP contribution in [-0.4, -0.2) is 17.9 Å². The summed E-state index contributed by atoms with van der Waals surface area (Å²) in [6.45, 7) is 10.0. The molecular weight excluding hydrogens is 252 g/mol. The number of esters is 1. The number of carbonyl (C=O) groups is 2. The maximum absolute atomic E-state index is 12.7. The van der Waals surface area contributed by atoms with Gasteiger partial charge in [0.05, 0.1) is 5.41 Å². The zero-order valence-corrected chi connectivity index (χ0v) is 13.0. The average molecular weight is 276 g/mol. The zero-order chi connectivity index (χ0) is 14.9. The number of hydrogen-bond acceptors (Lipinski definition) is 3. The fourth-order valence-corrected chi connectivity index (χ4v) is 5.87. The summed E-state index contributed by atoms with van der Waals surface area (Å²) in [5, 5.41) is 0. The molecule has 0 amide bonds. The van der Waals surface area contributed by atoms with Gasteiger partial charge in [0, 0.05) is 17.8 Å². The van der Waals surface area contributed by atoms with Crippen molar-refractivity contribution in [3.05, 3.63) is 12.2 Å². The van der Waals surface area contributed by atoms with Gasteiger partial charge in [-0.2, -0.15) is 0 Å². The van der Waals surface area contributed by atoms with Gasteiger partial charge in [-0.3, -0.25) is 9.59 Å². The third-order valence-corrected chi connectivity index (χ3v) is 6.58. The smallest absolute Gasteiger partial charge is 0.302 e. The number of rotatable bonds is 1. The molecule has 0 unspecified atom stereocenters. The van der Waals surface area contributed by atoms with E-state index in [0.29, 0.717) is 11.8 Å². The molecule has 0 aliphatic heterocycles. The first kappa shape index (κ1) is 13.8. The Labute approximate surface area is 120 Å². The van der Waals surface area contributed by atoms with E-state index in [2.05, 4.69) is 26.8 Å². The van der Waals surface area contributed by atoms with Crippen LogP contribution in [0, 0.1) is 28.1 Å². The first-order chi connectivity index (χ1) is 9.19. The summed E-state index contributed by atoms with van der Waals surface area (Å²) in [5.74, 6) is 0.710. The van der Waals surface area contributed by atoms with Crippen molar-refractivity contribution in [2.45, 2.75) is 53.6 Å². The van der Waals surface area contributed by atoms with Crippen LogP contribution in [0.3, 0.4) is 0 Å². The molecule has 0 bridgehead atoms. The summed E-state index contributed by atoms with van der Waals surface area (Å²) in [6.07, 6.45) is 5.80. The summed E-state index contributed by atoms with van der Waals surface area (Å²) in [7, 11) is 0. The van der Waals surface area contributed by atoms with E-state index in [1.165, 1.54) is 6.92 Å². The van der Waals surface area contributed by atoms with Crippen LogP contribution in [0.2, 0.25) is 0 Å². The Bertz CT molecular complexity index is 518. The number of carbonyl (C=O) groups excluding carboxylic acids is 2. The van der Waals surface area contributed by atoms with E-state index < -0.39 is 5.41 Å². The lowest BCUT2D eigenvalue weighted by molar-refractivity contribution is -0.163. The van der Waals surface area contributed by atoms with Crippen LogP contribution in [0.25, 0.3) is 0 Å². The van der Waals surface area contributed by atoms with Gasteiger partial charge in [-0.25, -0.2) is 0 Å². The Morgan fingerprint density at radius 1 is 1.30 bits per heavy atom. The van der Waals surface area contributed by atoms with Gasteiger partial charge < -0.3 is 4.74 Å². The van der Waals surface area contributed by atoms with Gasteiger partial charge in [-0.1, -0.05) is 26.8 Å². The van der Waals surface area contributed by atoms with Gasteiger partial charge in [0.2, 0.25) is 0 Å². The topological polar surface area (TPSA) is 43.4 Å². The summed E-state index contributed by atoms with van der Waals surface area (Å²) in [4.78, 5) is 24.2. The minimum atomic E-state index is -0.594. The van der Waals surface area contributed by atoms with Crippen molar-refractivity contribution in [3.63, 3.8) is 0 Å². The fourth-order valence-electron chi connectivity index (χ4n) is 5.87. The third kappa shape index (κ3) is 1.23. The minimum Gasteiger partial charge on any atom is -0.461 e. The molecule has 3 aliphatic carbocycles. The Balaban J connectivity index is 2.20. The second-order valence-electron chi connectivity index (χ2n) is 7.67. The van der Waals surface area contributed by atoms with Crippen LogP contribution in [0.5, 0.6) is 0 Å². The summed E-state index contributed by atoms with van der Waals surface area (Å²) in [5.41, 5.74) is -0.887. The molecule has 0 aromatic rings. The highest BCUT2D eigenvalue weighted by atomic mass is 16.5. The van der Waals surface area contributed by atoms with Crippen LogP contribution >= 0.6 is 0 Å². The van der Waals surface area contributed by atoms with Gasteiger partial charge in [-0.05, 0) is 37.7 Å². The first-order valence-electron chi connectivity index (χ1n) is 7.60. The largest absolute Gasteiger partial charge is 0.461 e. The van der Waals surface area contributed by atoms with E-state index in [1.54, 1.807) is 6.08 Å². The van der Waals surface area contributed by atoms with Crippen LogP contribution in [0.4, 0.5) is 0 Å². The van der Waals surface area contributed by atoms with E-state index in [9.17, 15) is 9.59 Å². The Morgan fingerprint density at radius 2 is 1.95 bits per heavy atom. The highest BCUT2D eigenvalue weighted by Gasteiger charge is 2.77. The van der Waals surface area contributed by atoms with E-state index in [0.717, 1.165) is 12.8 Å². The van der Waals surface area contributed by atoms with Crippen molar-refractivity contribution in [2.75, 3.05) is 0 Å². The molecular formula is C17H24O3. The van der Waals surface area contributed by atoms with E-state index >= 15 is 0 Å². The lowest BCUT2D eigenvalue weighted by Crippen LogP contribution is -2.48. The number of allylic oxidation sites excluding steroid dienone is 2. The van der Waals surface area contributed by atoms with Crippen molar-refractivity contribution in [3.8, 4) is 0 Å². The van der Waals surface area contributed by atoms with Crippen LogP contribution in [0.1, 0.15) is 47.5 Å². The van der Waals surface area contributed by atoms with Gasteiger partial charge >= 0.3 is 5.97 Å². The first-order valence-corrected chi connectivity index (χ1v) is 7.60. The maximum Gasteiger partial charge on any atom is 0.302 e. The lowest BCUT2D eigenvalue weighted by Gasteiger charge is -2.41. The molecule has 5 atom stereocenters. The summed E-state index contributed by atoms with van der Waals surface area (Å²) in [6, 6.07) is 0. The molecule has 0 N–H and O–H groups in total. The maximum atomic E-state index is 12.7. The van der Waals surface area contributed by atoms with E-state index in [4.69, 9.17) is 4.74 Å². The Morgan fingerprint density at radius 3 is 2.55 bits per heavy atom. The lowest BCUT2D eigenvalue weighted by atomic mass is 9.61. The van der Waals surface area contributed by atoms with Crippen molar-refractivity contribution >= 4 is 11.8 Å². The highest BCUT2D eigenvalue weighted by Crippen LogP contribution is 2.75. The predicted octanol–water partition coefficient (Wildman–Crippen LogP) is 3.14. The molecule has 2 saturated carbocycles. The van der Waals surface area contributed by atoms with Gasteiger partial charge in [0.1, 0.15) is 6.10 Å². The molecule has 2 fully saturated rings. The molecule has 3 nitrogen and oxygen atoms in total. The summed E-state index contributed by atoms with van der Waals surface area (Å²) < 4.78 is 5.69. The van der Waals surface area contributed by atoms with Crippen molar-refractivity contribution in [1.82, 2.24) is 0 Å². The predicted molar refractivity (Wildman–Crippen MR) is 75.9 cm³/mol. The Hall–Kier alpha value is -1.12. The van der Waals surface area contributed by atoms with Crippen molar-refractivity contribution in [1.29, 1.82) is 0 Å². The second-order valence-corrected chi connectivity index (χ2v) is 7.67. The van der Waals surface area contributed by atoms with Crippen LogP contribution < -0.4 is 0 Å². The quantitative estimate of drug-likeness (QED) is 0.691. The molecule has 20 heavy (non-hydrogen) atoms. The minimum absolute atomic E-state index is 0.131. The van der Waals surface area contributed by atoms with Crippen molar-refractivity contribution < 1.29 is 14.3 Å². The highest BCUT2D eigenvalue weighted by molar-refractivity contribution is 6.00. The molecule has 0 radical (unpaired) electrons. The van der Waals surface area contributed by atoms with E-state index in [1.807, 2.05) is 6.92 Å². The molecule has 0 aromatic heterocycles. The molecule has 0 saturated heterocycles. The van der Waals surface area contributed by atoms with E-state index in [-0.39, 0.29) is 28.7 Å². The standard InChI is InChI=1S/C17H24O3/c1-10-6-7-12-15(3,4)14(20-11(2)18)16(5)13(19)8-9-17(10,12)16/h8-10,12,14H,6-7H2,1-5H3/t10-,12+,14+,16+,17+/m1/s1.